The molecule has 10 heteroatoms. The summed E-state index contributed by atoms with van der Waals surface area (Å²) in [5.41, 5.74) is 5.08. The lowest BCUT2D eigenvalue weighted by Crippen LogP contribution is -2.46. The lowest BCUT2D eigenvalue weighted by atomic mass is 10.1. The topological polar surface area (TPSA) is 95.1 Å². The number of rotatable bonds is 14. The number of allylic oxidation sites excluding steroid dienone is 3. The molecule has 1 atom stereocenters. The molecule has 5 rings (SSSR count). The summed E-state index contributed by atoms with van der Waals surface area (Å²) in [4.78, 5) is 19.3. The molecule has 46 heavy (non-hydrogen) atoms. The van der Waals surface area contributed by atoms with Gasteiger partial charge in [-0.1, -0.05) is 41.5 Å². The first-order valence-electron chi connectivity index (χ1n) is 16.1. The zero-order valence-electron chi connectivity index (χ0n) is 27.1. The molecule has 10 nitrogen and oxygen atoms in total. The Morgan fingerprint density at radius 2 is 1.70 bits per heavy atom. The van der Waals surface area contributed by atoms with Gasteiger partial charge in [0, 0.05) is 56.4 Å². The molecule has 2 aromatic carbocycles. The van der Waals surface area contributed by atoms with E-state index in [1.807, 2.05) is 24.3 Å². The summed E-state index contributed by atoms with van der Waals surface area (Å²) in [6, 6.07) is 16.7. The Morgan fingerprint density at radius 3 is 2.41 bits per heavy atom. The van der Waals surface area contributed by atoms with E-state index >= 15 is 0 Å². The summed E-state index contributed by atoms with van der Waals surface area (Å²) in [6.45, 7) is 12.9. The summed E-state index contributed by atoms with van der Waals surface area (Å²) in [7, 11) is 0. The zero-order chi connectivity index (χ0) is 32.3. The second kappa shape index (κ2) is 16.1. The molecule has 0 amide bonds. The van der Waals surface area contributed by atoms with Crippen molar-refractivity contribution >= 4 is 17.6 Å². The van der Waals surface area contributed by atoms with E-state index in [0.717, 1.165) is 57.1 Å². The number of piperazine rings is 1. The summed E-state index contributed by atoms with van der Waals surface area (Å²) in [5.74, 6) is 1.47. The van der Waals surface area contributed by atoms with Gasteiger partial charge in [-0.3, -0.25) is 9.47 Å². The van der Waals surface area contributed by atoms with E-state index in [1.165, 1.54) is 28.6 Å². The van der Waals surface area contributed by atoms with Crippen molar-refractivity contribution in [3.63, 3.8) is 0 Å². The zero-order valence-corrected chi connectivity index (χ0v) is 27.1. The van der Waals surface area contributed by atoms with Crippen molar-refractivity contribution in [2.45, 2.75) is 52.7 Å². The monoisotopic (exact) mass is 627 g/mol. The van der Waals surface area contributed by atoms with Crippen molar-refractivity contribution in [1.82, 2.24) is 14.5 Å². The molecule has 0 aliphatic carbocycles. The number of hydrogen-bond acceptors (Lipinski definition) is 8. The SMILES string of the molecule is CC(C)=CCC/C(C)=C/COc1ccc(/C=C/CN2CCN(c3ccc(OC[C@H]4CCn5cc([N+](=O)[O-])nc5O4)cc3)CC2)cc1. The summed E-state index contributed by atoms with van der Waals surface area (Å²) in [5, 5.41) is 11.0. The minimum Gasteiger partial charge on any atom is -0.490 e. The Morgan fingerprint density at radius 1 is 0.978 bits per heavy atom. The van der Waals surface area contributed by atoms with Crippen molar-refractivity contribution in [3.8, 4) is 17.5 Å². The van der Waals surface area contributed by atoms with Crippen LogP contribution in [-0.4, -0.2) is 71.4 Å². The summed E-state index contributed by atoms with van der Waals surface area (Å²) in [6.07, 6.45) is 12.9. The van der Waals surface area contributed by atoms with Crippen molar-refractivity contribution in [2.24, 2.45) is 0 Å². The minimum absolute atomic E-state index is 0.197. The normalized spacial score (nSPS) is 17.0. The van der Waals surface area contributed by atoms with E-state index in [1.54, 1.807) is 4.57 Å². The van der Waals surface area contributed by atoms with Crippen LogP contribution in [0.3, 0.4) is 0 Å². The number of imidazole rings is 1. The average Bonchev–Trinajstić information content (AvgIpc) is 3.49. The van der Waals surface area contributed by atoms with Crippen LogP contribution >= 0.6 is 0 Å². The van der Waals surface area contributed by atoms with E-state index < -0.39 is 4.92 Å². The Labute approximate surface area is 271 Å². The van der Waals surface area contributed by atoms with Crippen LogP contribution in [0.2, 0.25) is 0 Å². The van der Waals surface area contributed by atoms with E-state index in [4.69, 9.17) is 14.2 Å². The predicted octanol–water partition coefficient (Wildman–Crippen LogP) is 6.93. The molecule has 3 heterocycles. The summed E-state index contributed by atoms with van der Waals surface area (Å²) < 4.78 is 19.3. The fourth-order valence-corrected chi connectivity index (χ4v) is 5.45. The number of aromatic nitrogens is 2. The number of nitro groups is 1. The third-order valence-corrected chi connectivity index (χ3v) is 8.22. The quantitative estimate of drug-likeness (QED) is 0.108. The number of benzene rings is 2. The molecule has 0 bridgehead atoms. The van der Waals surface area contributed by atoms with Gasteiger partial charge < -0.3 is 29.2 Å². The maximum atomic E-state index is 11.0. The lowest BCUT2D eigenvalue weighted by Gasteiger charge is -2.35. The largest absolute Gasteiger partial charge is 0.490 e. The third-order valence-electron chi connectivity index (χ3n) is 8.22. The van der Waals surface area contributed by atoms with Crippen molar-refractivity contribution in [1.29, 1.82) is 0 Å². The molecule has 0 saturated carbocycles. The molecule has 0 spiro atoms. The smallest absolute Gasteiger partial charge is 0.414 e. The number of fused-ring (bicyclic) bond motifs is 1. The van der Waals surface area contributed by atoms with Crippen LogP contribution in [0.5, 0.6) is 17.5 Å². The van der Waals surface area contributed by atoms with E-state index in [0.29, 0.717) is 26.2 Å². The Balaban J connectivity index is 0.982. The van der Waals surface area contributed by atoms with E-state index in [9.17, 15) is 10.1 Å². The lowest BCUT2D eigenvalue weighted by molar-refractivity contribution is -0.389. The van der Waals surface area contributed by atoms with Gasteiger partial charge in [0.25, 0.3) is 0 Å². The Hall–Kier alpha value is -4.57. The maximum Gasteiger partial charge on any atom is 0.414 e. The highest BCUT2D eigenvalue weighted by molar-refractivity contribution is 5.51. The molecule has 0 radical (unpaired) electrons. The van der Waals surface area contributed by atoms with Gasteiger partial charge in [0.15, 0.2) is 0 Å². The molecule has 1 saturated heterocycles. The maximum absolute atomic E-state index is 11.0. The Bertz CT molecular complexity index is 1520. The number of ether oxygens (including phenoxy) is 3. The molecule has 1 aromatic heterocycles. The molecule has 0 N–H and O–H groups in total. The van der Waals surface area contributed by atoms with Gasteiger partial charge in [-0.2, -0.15) is 0 Å². The van der Waals surface area contributed by atoms with Gasteiger partial charge in [0.1, 0.15) is 37.0 Å². The highest BCUT2D eigenvalue weighted by Gasteiger charge is 2.28. The van der Waals surface area contributed by atoms with Gasteiger partial charge in [-0.05, 0) is 86.6 Å². The summed E-state index contributed by atoms with van der Waals surface area (Å²) >= 11 is 0. The first-order chi connectivity index (χ1) is 22.3. The Kier molecular flexibility index (Phi) is 11.5. The molecule has 2 aliphatic heterocycles. The van der Waals surface area contributed by atoms with Crippen LogP contribution in [0, 0.1) is 10.1 Å². The number of aryl methyl sites for hydroxylation is 1. The number of nitrogens with zero attached hydrogens (tertiary/aromatic N) is 5. The van der Waals surface area contributed by atoms with Gasteiger partial charge in [0.2, 0.25) is 0 Å². The number of anilines is 1. The van der Waals surface area contributed by atoms with Crippen LogP contribution in [0.1, 0.15) is 45.6 Å². The van der Waals surface area contributed by atoms with Gasteiger partial charge in [0.05, 0.1) is 0 Å². The predicted molar refractivity (Wildman–Crippen MR) is 182 cm³/mol. The average molecular weight is 628 g/mol. The van der Waals surface area contributed by atoms with Crippen molar-refractivity contribution < 1.29 is 19.1 Å². The highest BCUT2D eigenvalue weighted by Crippen LogP contribution is 2.26. The van der Waals surface area contributed by atoms with Crippen molar-refractivity contribution in [2.75, 3.05) is 50.8 Å². The first-order valence-corrected chi connectivity index (χ1v) is 16.1. The molecular formula is C36H45N5O5. The fraction of sp³-hybridized carbons (Fsp3) is 0.417. The van der Waals surface area contributed by atoms with Gasteiger partial charge in [-0.15, -0.1) is 0 Å². The molecule has 2 aliphatic rings. The molecule has 0 unspecified atom stereocenters. The second-order valence-corrected chi connectivity index (χ2v) is 12.1. The second-order valence-electron chi connectivity index (χ2n) is 12.1. The molecular weight excluding hydrogens is 582 g/mol. The van der Waals surface area contributed by atoms with Crippen LogP contribution < -0.4 is 19.1 Å². The molecule has 3 aromatic rings. The first kappa shape index (κ1) is 32.8. The molecule has 244 valence electrons. The fourth-order valence-electron chi connectivity index (χ4n) is 5.45. The van der Waals surface area contributed by atoms with Crippen molar-refractivity contribution in [3.05, 3.63) is 99.8 Å². The van der Waals surface area contributed by atoms with Gasteiger partial charge in [-0.25, -0.2) is 0 Å². The van der Waals surface area contributed by atoms with E-state index in [2.05, 4.69) is 84.1 Å². The minimum atomic E-state index is -0.508. The van der Waals surface area contributed by atoms with Crippen LogP contribution in [-0.2, 0) is 6.54 Å². The highest BCUT2D eigenvalue weighted by atomic mass is 16.6. The van der Waals surface area contributed by atoms with E-state index in [-0.39, 0.29) is 17.9 Å². The molecule has 1 fully saturated rings. The van der Waals surface area contributed by atoms with Crippen LogP contribution in [0.15, 0.2) is 84.1 Å². The number of hydrogen-bond donors (Lipinski definition) is 0. The van der Waals surface area contributed by atoms with Crippen LogP contribution in [0.25, 0.3) is 6.08 Å². The third kappa shape index (κ3) is 9.71. The van der Waals surface area contributed by atoms with Gasteiger partial charge >= 0.3 is 11.8 Å². The van der Waals surface area contributed by atoms with Crippen LogP contribution in [0.4, 0.5) is 11.5 Å². The standard InChI is InChI=1S/C36H45N5O5/c1-28(2)6-4-7-29(3)18-25-44-32-13-9-30(10-14-32)8-5-19-38-21-23-39(24-22-38)31-11-15-33(16-12-31)45-27-34-17-20-40-26-35(41(42)43)37-36(40)46-34/h5-6,8-16,18,26,34H,4,7,17,19-25,27H2,1-3H3/b8-5+,29-18+/t34-/m1/s1.